The highest BCUT2D eigenvalue weighted by Gasteiger charge is 2.21. The summed E-state index contributed by atoms with van der Waals surface area (Å²) in [5.41, 5.74) is 5.33. The van der Waals surface area contributed by atoms with Crippen LogP contribution in [0.4, 0.5) is 0 Å². The van der Waals surface area contributed by atoms with Crippen LogP contribution in [0.15, 0.2) is 103 Å². The molecule has 0 heterocycles. The van der Waals surface area contributed by atoms with Gasteiger partial charge in [-0.15, -0.1) is 0 Å². The molecule has 0 bridgehead atoms. The lowest BCUT2D eigenvalue weighted by atomic mass is 10.00. The van der Waals surface area contributed by atoms with Crippen molar-refractivity contribution in [3.8, 4) is 28.0 Å². The molecule has 5 heteroatoms. The summed E-state index contributed by atoms with van der Waals surface area (Å²) in [6.45, 7) is 0. The number of benzene rings is 4. The molecule has 34 heavy (non-hydrogen) atoms. The van der Waals surface area contributed by atoms with Crippen LogP contribution in [0.3, 0.4) is 0 Å². The Hall–Kier alpha value is -4.38. The number of carboxylic acids is 1. The lowest BCUT2D eigenvalue weighted by molar-refractivity contribution is -0.139. The molecule has 4 rings (SSSR count). The van der Waals surface area contributed by atoms with Gasteiger partial charge in [-0.25, -0.2) is 4.79 Å². The zero-order chi connectivity index (χ0) is 23.9. The van der Waals surface area contributed by atoms with E-state index in [0.29, 0.717) is 5.56 Å². The number of ether oxygens (including phenoxy) is 1. The smallest absolute Gasteiger partial charge is 0.326 e. The van der Waals surface area contributed by atoms with Crippen LogP contribution >= 0.6 is 0 Å². The summed E-state index contributed by atoms with van der Waals surface area (Å²) in [5.74, 6) is -0.723. The predicted molar refractivity (Wildman–Crippen MR) is 133 cm³/mol. The summed E-state index contributed by atoms with van der Waals surface area (Å²) >= 11 is 0. The van der Waals surface area contributed by atoms with E-state index >= 15 is 0 Å². The van der Waals surface area contributed by atoms with Crippen LogP contribution in [0.1, 0.15) is 15.9 Å². The molecule has 4 aromatic carbocycles. The van der Waals surface area contributed by atoms with Crippen molar-refractivity contribution in [2.75, 3.05) is 7.11 Å². The predicted octanol–water partition coefficient (Wildman–Crippen LogP) is 5.45. The van der Waals surface area contributed by atoms with Gasteiger partial charge in [0.2, 0.25) is 0 Å². The SMILES string of the molecule is COc1ccc(-c2ccc(C(=O)NC(Cc3ccc(-c4ccccc4)cc3)C(=O)O)cc2)cc1. The third-order valence-electron chi connectivity index (χ3n) is 5.67. The first-order chi connectivity index (χ1) is 16.5. The van der Waals surface area contributed by atoms with E-state index < -0.39 is 17.9 Å². The molecule has 1 amide bonds. The Bertz CT molecular complexity index is 1250. The monoisotopic (exact) mass is 451 g/mol. The van der Waals surface area contributed by atoms with Crippen molar-refractivity contribution < 1.29 is 19.4 Å². The first-order valence-corrected chi connectivity index (χ1v) is 11.0. The highest BCUT2D eigenvalue weighted by molar-refractivity contribution is 5.97. The zero-order valence-electron chi connectivity index (χ0n) is 18.8. The molecule has 0 aromatic heterocycles. The third-order valence-corrected chi connectivity index (χ3v) is 5.67. The van der Waals surface area contributed by atoms with Gasteiger partial charge in [0.15, 0.2) is 0 Å². The highest BCUT2D eigenvalue weighted by atomic mass is 16.5. The van der Waals surface area contributed by atoms with Gasteiger partial charge in [0.25, 0.3) is 5.91 Å². The Morgan fingerprint density at radius 2 is 1.24 bits per heavy atom. The van der Waals surface area contributed by atoms with Crippen molar-refractivity contribution in [2.45, 2.75) is 12.5 Å². The van der Waals surface area contributed by atoms with Gasteiger partial charge < -0.3 is 15.2 Å². The van der Waals surface area contributed by atoms with E-state index in [-0.39, 0.29) is 6.42 Å². The molecule has 2 N–H and O–H groups in total. The van der Waals surface area contributed by atoms with E-state index in [1.807, 2.05) is 91.0 Å². The van der Waals surface area contributed by atoms with E-state index in [2.05, 4.69) is 5.32 Å². The minimum atomic E-state index is -1.07. The van der Waals surface area contributed by atoms with Crippen LogP contribution in [0.2, 0.25) is 0 Å². The van der Waals surface area contributed by atoms with Crippen LogP contribution < -0.4 is 10.1 Å². The van der Waals surface area contributed by atoms with Crippen LogP contribution in [-0.2, 0) is 11.2 Å². The maximum Gasteiger partial charge on any atom is 0.326 e. The Morgan fingerprint density at radius 3 is 1.76 bits per heavy atom. The van der Waals surface area contributed by atoms with Gasteiger partial charge in [0.1, 0.15) is 11.8 Å². The number of hydrogen-bond donors (Lipinski definition) is 2. The first kappa shape index (κ1) is 22.8. The van der Waals surface area contributed by atoms with E-state index in [1.165, 1.54) is 0 Å². The number of methoxy groups -OCH3 is 1. The van der Waals surface area contributed by atoms with Crippen molar-refractivity contribution in [2.24, 2.45) is 0 Å². The summed E-state index contributed by atoms with van der Waals surface area (Å²) in [6.07, 6.45) is 0.195. The second kappa shape index (κ2) is 10.5. The van der Waals surface area contributed by atoms with Crippen molar-refractivity contribution in [3.63, 3.8) is 0 Å². The van der Waals surface area contributed by atoms with Crippen molar-refractivity contribution in [3.05, 3.63) is 114 Å². The molecule has 0 saturated carbocycles. The average Bonchev–Trinajstić information content (AvgIpc) is 2.89. The average molecular weight is 452 g/mol. The fraction of sp³-hybridized carbons (Fsp3) is 0.103. The molecule has 0 aliphatic heterocycles. The number of carboxylic acid groups (broad SMARTS) is 1. The summed E-state index contributed by atoms with van der Waals surface area (Å²) in [4.78, 5) is 24.6. The van der Waals surface area contributed by atoms with Crippen LogP contribution in [0.25, 0.3) is 22.3 Å². The van der Waals surface area contributed by atoms with Gasteiger partial charge in [-0.2, -0.15) is 0 Å². The zero-order valence-corrected chi connectivity index (χ0v) is 18.8. The molecule has 1 atom stereocenters. The molecule has 0 radical (unpaired) electrons. The molecule has 0 spiro atoms. The summed E-state index contributed by atoms with van der Waals surface area (Å²) in [5, 5.41) is 12.3. The minimum absolute atomic E-state index is 0.195. The number of carbonyl (C=O) groups is 2. The van der Waals surface area contributed by atoms with Gasteiger partial charge in [-0.05, 0) is 52.1 Å². The lowest BCUT2D eigenvalue weighted by Crippen LogP contribution is -2.42. The van der Waals surface area contributed by atoms with Crippen molar-refractivity contribution in [1.82, 2.24) is 5.32 Å². The minimum Gasteiger partial charge on any atom is -0.497 e. The number of aliphatic carboxylic acids is 1. The summed E-state index contributed by atoms with van der Waals surface area (Å²) in [7, 11) is 1.62. The van der Waals surface area contributed by atoms with Gasteiger partial charge in [0.05, 0.1) is 7.11 Å². The number of amides is 1. The summed E-state index contributed by atoms with van der Waals surface area (Å²) < 4.78 is 5.18. The summed E-state index contributed by atoms with van der Waals surface area (Å²) in [6, 6.07) is 31.4. The second-order valence-corrected chi connectivity index (χ2v) is 7.94. The maximum atomic E-state index is 12.7. The lowest BCUT2D eigenvalue weighted by Gasteiger charge is -2.15. The molecular weight excluding hydrogens is 426 g/mol. The van der Waals surface area contributed by atoms with Crippen LogP contribution in [0, 0.1) is 0 Å². The van der Waals surface area contributed by atoms with Gasteiger partial charge in [-0.1, -0.05) is 78.9 Å². The largest absolute Gasteiger partial charge is 0.497 e. The van der Waals surface area contributed by atoms with Crippen LogP contribution in [0.5, 0.6) is 5.75 Å². The molecule has 5 nitrogen and oxygen atoms in total. The Morgan fingerprint density at radius 1 is 0.735 bits per heavy atom. The number of hydrogen-bond acceptors (Lipinski definition) is 3. The first-order valence-electron chi connectivity index (χ1n) is 11.0. The topological polar surface area (TPSA) is 75.6 Å². The molecular formula is C29H25NO4. The third kappa shape index (κ3) is 5.51. The molecule has 1 unspecified atom stereocenters. The van der Waals surface area contributed by atoms with E-state index in [4.69, 9.17) is 4.74 Å². The van der Waals surface area contributed by atoms with Crippen LogP contribution in [-0.4, -0.2) is 30.1 Å². The highest BCUT2D eigenvalue weighted by Crippen LogP contribution is 2.23. The second-order valence-electron chi connectivity index (χ2n) is 7.94. The molecule has 0 fully saturated rings. The van der Waals surface area contributed by atoms with E-state index in [1.54, 1.807) is 19.2 Å². The molecule has 0 saturated heterocycles. The number of nitrogens with one attached hydrogen (secondary N) is 1. The Kier molecular flexibility index (Phi) is 7.04. The van der Waals surface area contributed by atoms with E-state index in [9.17, 15) is 14.7 Å². The maximum absolute atomic E-state index is 12.7. The Balaban J connectivity index is 1.42. The van der Waals surface area contributed by atoms with Gasteiger partial charge in [0, 0.05) is 12.0 Å². The van der Waals surface area contributed by atoms with Crippen molar-refractivity contribution >= 4 is 11.9 Å². The standard InChI is InChI=1S/C29H25NO4/c1-34-26-17-15-24(16-18-26)23-11-13-25(14-12-23)28(31)30-27(29(32)33)19-20-7-9-22(10-8-20)21-5-3-2-4-6-21/h2-18,27H,19H2,1H3,(H,30,31)(H,32,33). The quantitative estimate of drug-likeness (QED) is 0.373. The number of carbonyl (C=O) groups excluding carboxylic acids is 1. The molecule has 0 aliphatic carbocycles. The fourth-order valence-corrected chi connectivity index (χ4v) is 3.74. The van der Waals surface area contributed by atoms with Crippen molar-refractivity contribution in [1.29, 1.82) is 0 Å². The molecule has 4 aromatic rings. The van der Waals surface area contributed by atoms with Gasteiger partial charge in [-0.3, -0.25) is 4.79 Å². The van der Waals surface area contributed by atoms with Gasteiger partial charge >= 0.3 is 5.97 Å². The van der Waals surface area contributed by atoms with E-state index in [0.717, 1.165) is 33.6 Å². The molecule has 170 valence electrons. The molecule has 0 aliphatic rings. The fourth-order valence-electron chi connectivity index (χ4n) is 3.74. The normalized spacial score (nSPS) is 11.4. The number of rotatable bonds is 8. The Labute approximate surface area is 198 Å².